The molecule has 0 aromatic heterocycles. The van der Waals surface area contributed by atoms with Gasteiger partial charge < -0.3 is 20.8 Å². The maximum Gasteiger partial charge on any atom is 0.317 e. The van der Waals surface area contributed by atoms with E-state index in [1.54, 1.807) is 0 Å². The molecule has 0 aliphatic heterocycles. The van der Waals surface area contributed by atoms with Crippen molar-refractivity contribution in [2.45, 2.75) is 12.8 Å². The highest BCUT2D eigenvalue weighted by Crippen LogP contribution is 2.00. The Hall–Kier alpha value is -3.76. The predicted octanol–water partition coefficient (Wildman–Crippen LogP) is 0.477. The number of amides is 2. The van der Waals surface area contributed by atoms with E-state index in [1.807, 2.05) is 60.7 Å². The molecule has 194 valence electrons. The van der Waals surface area contributed by atoms with Gasteiger partial charge in [-0.15, -0.1) is 0 Å². The number of carbonyl (C=O) groups is 4. The van der Waals surface area contributed by atoms with E-state index in [2.05, 4.69) is 10.6 Å². The van der Waals surface area contributed by atoms with Crippen LogP contribution in [0.3, 0.4) is 0 Å². The van der Waals surface area contributed by atoms with Crippen LogP contribution in [0.1, 0.15) is 11.1 Å². The lowest BCUT2D eigenvalue weighted by atomic mass is 10.1. The molecular weight excluding hydrogens is 464 g/mol. The summed E-state index contributed by atoms with van der Waals surface area (Å²) < 4.78 is 0. The lowest BCUT2D eigenvalue weighted by molar-refractivity contribution is -0.141. The summed E-state index contributed by atoms with van der Waals surface area (Å²) in [7, 11) is 0. The van der Waals surface area contributed by atoms with Crippen LogP contribution in [0.25, 0.3) is 0 Å². The van der Waals surface area contributed by atoms with Crippen molar-refractivity contribution in [3.63, 3.8) is 0 Å². The Morgan fingerprint density at radius 3 is 1.28 bits per heavy atom. The largest absolute Gasteiger partial charge is 0.480 e. The number of benzene rings is 2. The molecule has 0 heterocycles. The fourth-order valence-electron chi connectivity index (χ4n) is 3.59. The van der Waals surface area contributed by atoms with Gasteiger partial charge in [0, 0.05) is 26.2 Å². The van der Waals surface area contributed by atoms with Crippen molar-refractivity contribution in [2.75, 3.05) is 52.4 Å². The first kappa shape index (κ1) is 28.5. The molecular formula is C26H34N4O6. The maximum absolute atomic E-state index is 12.3. The minimum absolute atomic E-state index is 0.114. The van der Waals surface area contributed by atoms with Crippen molar-refractivity contribution in [3.05, 3.63) is 71.8 Å². The second-order valence-corrected chi connectivity index (χ2v) is 8.38. The molecule has 10 heteroatoms. The van der Waals surface area contributed by atoms with Gasteiger partial charge in [0.1, 0.15) is 0 Å². The van der Waals surface area contributed by atoms with Crippen LogP contribution in [0, 0.1) is 0 Å². The third-order valence-corrected chi connectivity index (χ3v) is 5.34. The van der Waals surface area contributed by atoms with E-state index in [4.69, 9.17) is 0 Å². The zero-order valence-corrected chi connectivity index (χ0v) is 20.3. The molecule has 0 radical (unpaired) electrons. The molecule has 0 fully saturated rings. The first-order chi connectivity index (χ1) is 17.3. The fraction of sp³-hybridized carbons (Fsp3) is 0.385. The summed E-state index contributed by atoms with van der Waals surface area (Å²) in [5, 5.41) is 24.0. The normalized spacial score (nSPS) is 10.8. The third kappa shape index (κ3) is 12.6. The van der Waals surface area contributed by atoms with E-state index in [-0.39, 0.29) is 51.1 Å². The molecule has 0 saturated heterocycles. The number of carbonyl (C=O) groups excluding carboxylic acids is 2. The predicted molar refractivity (Wildman–Crippen MR) is 134 cm³/mol. The van der Waals surface area contributed by atoms with Gasteiger partial charge in [-0.25, -0.2) is 0 Å². The lowest BCUT2D eigenvalue weighted by Gasteiger charge is -2.25. The molecule has 0 aliphatic rings. The summed E-state index contributed by atoms with van der Waals surface area (Å²) in [5.74, 6) is -2.85. The van der Waals surface area contributed by atoms with Gasteiger partial charge in [-0.05, 0) is 24.0 Å². The lowest BCUT2D eigenvalue weighted by Crippen LogP contribution is -2.46. The Morgan fingerprint density at radius 1 is 0.583 bits per heavy atom. The van der Waals surface area contributed by atoms with Crippen LogP contribution in [0.4, 0.5) is 0 Å². The van der Waals surface area contributed by atoms with Gasteiger partial charge in [0.05, 0.1) is 26.2 Å². The Bertz CT molecular complexity index is 891. The number of nitrogens with one attached hydrogen (secondary N) is 2. The number of hydrogen-bond donors (Lipinski definition) is 4. The average Bonchev–Trinajstić information content (AvgIpc) is 2.83. The maximum atomic E-state index is 12.3. The Balaban J connectivity index is 1.81. The van der Waals surface area contributed by atoms with Gasteiger partial charge in [-0.1, -0.05) is 60.7 Å². The van der Waals surface area contributed by atoms with E-state index >= 15 is 0 Å². The average molecular weight is 499 g/mol. The zero-order chi connectivity index (χ0) is 26.2. The fourth-order valence-corrected chi connectivity index (χ4v) is 3.59. The molecule has 2 aromatic carbocycles. The number of carboxylic acid groups (broad SMARTS) is 2. The van der Waals surface area contributed by atoms with Crippen LogP contribution in [0.15, 0.2) is 60.7 Å². The second kappa shape index (κ2) is 16.0. The molecule has 2 amide bonds. The van der Waals surface area contributed by atoms with Crippen molar-refractivity contribution in [3.8, 4) is 0 Å². The number of carboxylic acids is 2. The van der Waals surface area contributed by atoms with Crippen molar-refractivity contribution < 1.29 is 29.4 Å². The van der Waals surface area contributed by atoms with Gasteiger partial charge >= 0.3 is 11.9 Å². The van der Waals surface area contributed by atoms with Crippen LogP contribution in [0.5, 0.6) is 0 Å². The first-order valence-electron chi connectivity index (χ1n) is 11.8. The minimum Gasteiger partial charge on any atom is -0.480 e. The minimum atomic E-state index is -1.10. The summed E-state index contributed by atoms with van der Waals surface area (Å²) in [6, 6.07) is 19.3. The van der Waals surface area contributed by atoms with Gasteiger partial charge in [-0.2, -0.15) is 0 Å². The van der Waals surface area contributed by atoms with E-state index in [0.29, 0.717) is 25.9 Å². The Kier molecular flexibility index (Phi) is 12.7. The number of rotatable bonds is 17. The standard InChI is InChI=1S/C26H34N4O6/c31-23(27-13-11-21-7-3-1-4-8-21)17-29(19-25(33)34)15-16-30(20-26(35)36)18-24(32)28-14-12-22-9-5-2-6-10-22/h1-10H,11-20H2,(H,27,31)(H,28,32)(H,33,34)(H,35,36). The highest BCUT2D eigenvalue weighted by atomic mass is 16.4. The summed E-state index contributed by atoms with van der Waals surface area (Å²) >= 11 is 0. The summed E-state index contributed by atoms with van der Waals surface area (Å²) in [5.41, 5.74) is 2.15. The molecule has 2 aromatic rings. The zero-order valence-electron chi connectivity index (χ0n) is 20.3. The van der Waals surface area contributed by atoms with Gasteiger partial charge in [-0.3, -0.25) is 29.0 Å². The van der Waals surface area contributed by atoms with E-state index in [1.165, 1.54) is 9.80 Å². The van der Waals surface area contributed by atoms with Crippen molar-refractivity contribution in [1.29, 1.82) is 0 Å². The summed E-state index contributed by atoms with van der Waals surface area (Å²) in [4.78, 5) is 50.1. The Morgan fingerprint density at radius 2 is 0.944 bits per heavy atom. The molecule has 0 spiro atoms. The molecule has 36 heavy (non-hydrogen) atoms. The molecule has 0 unspecified atom stereocenters. The van der Waals surface area contributed by atoms with Gasteiger partial charge in [0.2, 0.25) is 11.8 Å². The summed E-state index contributed by atoms with van der Waals surface area (Å²) in [6.45, 7) is 0.00514. The highest BCUT2D eigenvalue weighted by Gasteiger charge is 2.18. The molecule has 0 atom stereocenters. The van der Waals surface area contributed by atoms with Crippen LogP contribution in [0.2, 0.25) is 0 Å². The topological polar surface area (TPSA) is 139 Å². The quantitative estimate of drug-likeness (QED) is 0.247. The van der Waals surface area contributed by atoms with E-state index < -0.39 is 11.9 Å². The van der Waals surface area contributed by atoms with Gasteiger partial charge in [0.25, 0.3) is 0 Å². The molecule has 2 rings (SSSR count). The molecule has 0 bridgehead atoms. The highest BCUT2D eigenvalue weighted by molar-refractivity contribution is 5.79. The number of nitrogens with zero attached hydrogens (tertiary/aromatic N) is 2. The third-order valence-electron chi connectivity index (χ3n) is 5.34. The van der Waals surface area contributed by atoms with Crippen molar-refractivity contribution in [2.24, 2.45) is 0 Å². The Labute approximate surface area is 210 Å². The molecule has 10 nitrogen and oxygen atoms in total. The number of aliphatic carboxylic acids is 2. The van der Waals surface area contributed by atoms with Crippen LogP contribution >= 0.6 is 0 Å². The van der Waals surface area contributed by atoms with E-state index in [9.17, 15) is 29.4 Å². The van der Waals surface area contributed by atoms with Crippen molar-refractivity contribution >= 4 is 23.8 Å². The first-order valence-corrected chi connectivity index (χ1v) is 11.8. The number of hydrogen-bond acceptors (Lipinski definition) is 6. The van der Waals surface area contributed by atoms with Gasteiger partial charge in [0.15, 0.2) is 0 Å². The molecule has 0 aliphatic carbocycles. The molecule has 4 N–H and O–H groups in total. The van der Waals surface area contributed by atoms with Crippen LogP contribution < -0.4 is 10.6 Å². The molecule has 0 saturated carbocycles. The van der Waals surface area contributed by atoms with Crippen molar-refractivity contribution in [1.82, 2.24) is 20.4 Å². The van der Waals surface area contributed by atoms with E-state index in [0.717, 1.165) is 11.1 Å². The SMILES string of the molecule is O=C(O)CN(CCN(CC(=O)O)CC(=O)NCCc1ccccc1)CC(=O)NCCc1ccccc1. The summed E-state index contributed by atoms with van der Waals surface area (Å²) in [6.07, 6.45) is 1.30. The van der Waals surface area contributed by atoms with Crippen LogP contribution in [-0.2, 0) is 32.0 Å². The smallest absolute Gasteiger partial charge is 0.317 e. The second-order valence-electron chi connectivity index (χ2n) is 8.38. The monoisotopic (exact) mass is 498 g/mol. The van der Waals surface area contributed by atoms with Crippen LogP contribution in [-0.4, -0.2) is 96.1 Å².